The van der Waals surface area contributed by atoms with Crippen molar-refractivity contribution in [3.05, 3.63) is 29.6 Å². The molecule has 0 aliphatic rings. The van der Waals surface area contributed by atoms with Crippen molar-refractivity contribution >= 4 is 11.5 Å². The summed E-state index contributed by atoms with van der Waals surface area (Å²) in [5.41, 5.74) is 4.60. The third-order valence-electron chi connectivity index (χ3n) is 1.81. The molecular formula is C9H7F4NO. The van der Waals surface area contributed by atoms with E-state index in [0.29, 0.717) is 0 Å². The Labute approximate surface area is 82.7 Å². The third-order valence-corrected chi connectivity index (χ3v) is 1.81. The van der Waals surface area contributed by atoms with Gasteiger partial charge in [-0.15, -0.1) is 0 Å². The zero-order chi connectivity index (χ0) is 11.6. The fourth-order valence-corrected chi connectivity index (χ4v) is 1.01. The van der Waals surface area contributed by atoms with Crippen LogP contribution in [0.25, 0.3) is 0 Å². The Hall–Kier alpha value is -1.59. The first-order valence-corrected chi connectivity index (χ1v) is 3.95. The normalized spacial score (nSPS) is 11.5. The van der Waals surface area contributed by atoms with Crippen molar-refractivity contribution in [3.63, 3.8) is 0 Å². The van der Waals surface area contributed by atoms with Gasteiger partial charge in [-0.25, -0.2) is 4.39 Å². The maximum Gasteiger partial charge on any atom is 0.450 e. The predicted molar refractivity (Wildman–Crippen MR) is 45.6 cm³/mol. The minimum Gasteiger partial charge on any atom is -0.396 e. The molecule has 0 spiro atoms. The molecular weight excluding hydrogens is 214 g/mol. The number of para-hydroxylation sites is 1. The topological polar surface area (TPSA) is 43.1 Å². The standard InChI is InChI=1S/C9H7F4NO/c10-6-3-1-2-5(8(6)14)4-7(15)9(11,12)13/h1-3H,4,14H2. The molecule has 0 unspecified atom stereocenters. The lowest BCUT2D eigenvalue weighted by molar-refractivity contribution is -0.170. The SMILES string of the molecule is Nc1c(F)cccc1CC(=O)C(F)(F)F. The van der Waals surface area contributed by atoms with E-state index in [1.807, 2.05) is 0 Å². The average molecular weight is 221 g/mol. The van der Waals surface area contributed by atoms with E-state index in [1.54, 1.807) is 0 Å². The number of benzene rings is 1. The zero-order valence-electron chi connectivity index (χ0n) is 7.44. The fourth-order valence-electron chi connectivity index (χ4n) is 1.01. The van der Waals surface area contributed by atoms with Crippen LogP contribution >= 0.6 is 0 Å². The number of ketones is 1. The molecule has 1 aromatic carbocycles. The molecule has 82 valence electrons. The lowest BCUT2D eigenvalue weighted by Gasteiger charge is -2.07. The van der Waals surface area contributed by atoms with E-state index in [-0.39, 0.29) is 5.56 Å². The van der Waals surface area contributed by atoms with E-state index < -0.39 is 29.9 Å². The fraction of sp³-hybridized carbons (Fsp3) is 0.222. The van der Waals surface area contributed by atoms with E-state index in [4.69, 9.17) is 5.73 Å². The van der Waals surface area contributed by atoms with E-state index in [0.717, 1.165) is 6.07 Å². The highest BCUT2D eigenvalue weighted by Crippen LogP contribution is 2.22. The molecule has 1 aromatic rings. The van der Waals surface area contributed by atoms with Crippen LogP contribution in [-0.2, 0) is 11.2 Å². The highest BCUT2D eigenvalue weighted by Gasteiger charge is 2.38. The molecule has 15 heavy (non-hydrogen) atoms. The summed E-state index contributed by atoms with van der Waals surface area (Å²) < 4.78 is 48.5. The van der Waals surface area contributed by atoms with Gasteiger partial charge in [0.1, 0.15) is 5.82 Å². The van der Waals surface area contributed by atoms with Crippen LogP contribution in [0.5, 0.6) is 0 Å². The molecule has 0 aromatic heterocycles. The molecule has 0 atom stereocenters. The smallest absolute Gasteiger partial charge is 0.396 e. The quantitative estimate of drug-likeness (QED) is 0.613. The van der Waals surface area contributed by atoms with Gasteiger partial charge in [-0.05, 0) is 11.6 Å². The summed E-state index contributed by atoms with van der Waals surface area (Å²) in [6.07, 6.45) is -5.86. The Bertz CT molecular complexity index is 386. The number of Topliss-reactive ketones (excluding diaryl/α,β-unsaturated/α-hetero) is 1. The van der Waals surface area contributed by atoms with Crippen molar-refractivity contribution in [1.29, 1.82) is 0 Å². The van der Waals surface area contributed by atoms with Gasteiger partial charge in [0.25, 0.3) is 0 Å². The number of hydrogen-bond acceptors (Lipinski definition) is 2. The summed E-state index contributed by atoms with van der Waals surface area (Å²) in [4.78, 5) is 10.6. The summed E-state index contributed by atoms with van der Waals surface area (Å²) in [5.74, 6) is -2.78. The van der Waals surface area contributed by atoms with Gasteiger partial charge in [0.2, 0.25) is 5.78 Å². The molecule has 2 nitrogen and oxygen atoms in total. The monoisotopic (exact) mass is 221 g/mol. The minimum atomic E-state index is -4.92. The van der Waals surface area contributed by atoms with Crippen LogP contribution in [0.2, 0.25) is 0 Å². The Morgan fingerprint density at radius 1 is 1.33 bits per heavy atom. The van der Waals surface area contributed by atoms with Crippen LogP contribution < -0.4 is 5.73 Å². The van der Waals surface area contributed by atoms with Crippen molar-refractivity contribution in [2.45, 2.75) is 12.6 Å². The van der Waals surface area contributed by atoms with Crippen molar-refractivity contribution in [1.82, 2.24) is 0 Å². The van der Waals surface area contributed by atoms with Gasteiger partial charge in [-0.3, -0.25) is 4.79 Å². The Morgan fingerprint density at radius 2 is 1.93 bits per heavy atom. The number of anilines is 1. The van der Waals surface area contributed by atoms with Gasteiger partial charge < -0.3 is 5.73 Å². The molecule has 0 heterocycles. The number of halogens is 4. The molecule has 0 saturated heterocycles. The number of carbonyl (C=O) groups is 1. The number of alkyl halides is 3. The Kier molecular flexibility index (Phi) is 2.97. The van der Waals surface area contributed by atoms with Crippen molar-refractivity contribution in [3.8, 4) is 0 Å². The molecule has 0 radical (unpaired) electrons. The Balaban J connectivity index is 2.91. The summed E-state index contributed by atoms with van der Waals surface area (Å²) in [5, 5.41) is 0. The van der Waals surface area contributed by atoms with Crippen LogP contribution in [-0.4, -0.2) is 12.0 Å². The van der Waals surface area contributed by atoms with E-state index >= 15 is 0 Å². The summed E-state index contributed by atoms with van der Waals surface area (Å²) in [6, 6.07) is 3.39. The number of nitrogens with two attached hydrogens (primary N) is 1. The molecule has 0 aliphatic carbocycles. The lowest BCUT2D eigenvalue weighted by atomic mass is 10.1. The highest BCUT2D eigenvalue weighted by atomic mass is 19.4. The predicted octanol–water partition coefficient (Wildman–Crippen LogP) is 2.08. The number of hydrogen-bond donors (Lipinski definition) is 1. The number of nitrogen functional groups attached to an aromatic ring is 1. The summed E-state index contributed by atoms with van der Waals surface area (Å²) >= 11 is 0. The van der Waals surface area contributed by atoms with E-state index in [1.165, 1.54) is 12.1 Å². The molecule has 0 fully saturated rings. The van der Waals surface area contributed by atoms with Gasteiger partial charge >= 0.3 is 6.18 Å². The van der Waals surface area contributed by atoms with Gasteiger partial charge in [0.05, 0.1) is 5.69 Å². The number of rotatable bonds is 2. The maximum absolute atomic E-state index is 12.8. The van der Waals surface area contributed by atoms with Gasteiger partial charge in [0.15, 0.2) is 0 Å². The second-order valence-electron chi connectivity index (χ2n) is 2.91. The first-order chi connectivity index (χ1) is 6.82. The zero-order valence-corrected chi connectivity index (χ0v) is 7.44. The highest BCUT2D eigenvalue weighted by molar-refractivity contribution is 5.87. The summed E-state index contributed by atoms with van der Waals surface area (Å²) in [6.45, 7) is 0. The van der Waals surface area contributed by atoms with Crippen LogP contribution in [0.1, 0.15) is 5.56 Å². The largest absolute Gasteiger partial charge is 0.450 e. The van der Waals surface area contributed by atoms with Gasteiger partial charge in [0, 0.05) is 6.42 Å². The number of carbonyl (C=O) groups excluding carboxylic acids is 1. The van der Waals surface area contributed by atoms with Crippen molar-refractivity contribution < 1.29 is 22.4 Å². The van der Waals surface area contributed by atoms with Crippen LogP contribution in [0.3, 0.4) is 0 Å². The first kappa shape index (κ1) is 11.5. The van der Waals surface area contributed by atoms with Crippen molar-refractivity contribution in [2.24, 2.45) is 0 Å². The Morgan fingerprint density at radius 3 is 2.47 bits per heavy atom. The van der Waals surface area contributed by atoms with Crippen LogP contribution in [0.4, 0.5) is 23.2 Å². The van der Waals surface area contributed by atoms with E-state index in [9.17, 15) is 22.4 Å². The van der Waals surface area contributed by atoms with Crippen molar-refractivity contribution in [2.75, 3.05) is 5.73 Å². The molecule has 0 saturated carbocycles. The molecule has 0 amide bonds. The molecule has 2 N–H and O–H groups in total. The van der Waals surface area contributed by atoms with Crippen LogP contribution in [0, 0.1) is 5.82 Å². The van der Waals surface area contributed by atoms with Crippen LogP contribution in [0.15, 0.2) is 18.2 Å². The second kappa shape index (κ2) is 3.88. The van der Waals surface area contributed by atoms with Gasteiger partial charge in [-0.2, -0.15) is 13.2 Å². The third kappa shape index (κ3) is 2.68. The van der Waals surface area contributed by atoms with Gasteiger partial charge in [-0.1, -0.05) is 12.1 Å². The molecule has 0 aliphatic heterocycles. The maximum atomic E-state index is 12.8. The molecule has 1 rings (SSSR count). The average Bonchev–Trinajstić information content (AvgIpc) is 2.11. The molecule has 6 heteroatoms. The first-order valence-electron chi connectivity index (χ1n) is 3.95. The lowest BCUT2D eigenvalue weighted by Crippen LogP contribution is -2.25. The molecule has 0 bridgehead atoms. The van der Waals surface area contributed by atoms with E-state index in [2.05, 4.69) is 0 Å². The second-order valence-corrected chi connectivity index (χ2v) is 2.91. The summed E-state index contributed by atoms with van der Waals surface area (Å²) in [7, 11) is 0. The minimum absolute atomic E-state index is 0.155.